The van der Waals surface area contributed by atoms with E-state index in [-0.39, 0.29) is 17.5 Å². The van der Waals surface area contributed by atoms with Crippen LogP contribution >= 0.6 is 11.8 Å². The topological polar surface area (TPSA) is 89.9 Å². The number of Topliss-reactive ketones (excluding diaryl/α,β-unsaturated/α-hetero) is 1. The Kier molecular flexibility index (Phi) is 5.27. The number of hydrogen-bond acceptors (Lipinski definition) is 6. The Hall–Kier alpha value is -2.87. The van der Waals surface area contributed by atoms with E-state index in [1.807, 2.05) is 36.6 Å². The highest BCUT2D eigenvalue weighted by molar-refractivity contribution is 7.99. The lowest BCUT2D eigenvalue weighted by Crippen LogP contribution is -2.06. The van der Waals surface area contributed by atoms with Crippen LogP contribution in [-0.4, -0.2) is 44.4 Å². The standard InChI is InChI=1S/C21H22N4O3S/c1-12-10-17(18(26)11-29-21-22-19(23-24-21)14-4-5-14)13(2)25(12)16-8-6-15(7-9-16)20(27)28-3/h6-10,14H,4-5,11H2,1-3H3,(H,22,23,24). The highest BCUT2D eigenvalue weighted by Gasteiger charge is 2.27. The van der Waals surface area contributed by atoms with Crippen molar-refractivity contribution in [1.82, 2.24) is 19.7 Å². The first-order valence-corrected chi connectivity index (χ1v) is 10.4. The maximum atomic E-state index is 12.8. The molecule has 0 radical (unpaired) electrons. The molecule has 1 fully saturated rings. The van der Waals surface area contributed by atoms with Crippen LogP contribution in [0.2, 0.25) is 0 Å². The number of benzene rings is 1. The average Bonchev–Trinajstić information content (AvgIpc) is 3.40. The Morgan fingerprint density at radius 3 is 2.62 bits per heavy atom. The van der Waals surface area contributed by atoms with Crippen LogP contribution in [0.1, 0.15) is 56.7 Å². The number of thioether (sulfide) groups is 1. The molecule has 29 heavy (non-hydrogen) atoms. The van der Waals surface area contributed by atoms with E-state index in [0.29, 0.717) is 22.2 Å². The van der Waals surface area contributed by atoms with E-state index in [0.717, 1.165) is 35.7 Å². The van der Waals surface area contributed by atoms with Gasteiger partial charge in [0.05, 0.1) is 18.4 Å². The zero-order chi connectivity index (χ0) is 20.5. The summed E-state index contributed by atoms with van der Waals surface area (Å²) in [5, 5.41) is 7.78. The second-order valence-electron chi connectivity index (χ2n) is 7.15. The van der Waals surface area contributed by atoms with Crippen LogP contribution in [0.25, 0.3) is 5.69 Å². The van der Waals surface area contributed by atoms with Gasteiger partial charge >= 0.3 is 5.97 Å². The van der Waals surface area contributed by atoms with Gasteiger partial charge in [0.1, 0.15) is 5.82 Å². The number of H-pyrrole nitrogens is 1. The minimum absolute atomic E-state index is 0.0401. The molecule has 1 saturated carbocycles. The first-order chi connectivity index (χ1) is 14.0. The van der Waals surface area contributed by atoms with Crippen LogP contribution in [0.4, 0.5) is 0 Å². The number of rotatable bonds is 7. The fourth-order valence-corrected chi connectivity index (χ4v) is 4.07. The van der Waals surface area contributed by atoms with Gasteiger partial charge in [-0.25, -0.2) is 9.78 Å². The van der Waals surface area contributed by atoms with E-state index in [4.69, 9.17) is 4.74 Å². The van der Waals surface area contributed by atoms with Crippen LogP contribution in [0, 0.1) is 13.8 Å². The molecule has 2 aromatic heterocycles. The van der Waals surface area contributed by atoms with E-state index in [2.05, 4.69) is 15.2 Å². The van der Waals surface area contributed by atoms with E-state index in [1.165, 1.54) is 18.9 Å². The third-order valence-corrected chi connectivity index (χ3v) is 5.90. The molecule has 0 spiro atoms. The van der Waals surface area contributed by atoms with Crippen molar-refractivity contribution < 1.29 is 14.3 Å². The summed E-state index contributed by atoms with van der Waals surface area (Å²) in [6, 6.07) is 9.04. The van der Waals surface area contributed by atoms with E-state index < -0.39 is 0 Å². The molecule has 1 aromatic carbocycles. The molecule has 8 heteroatoms. The maximum Gasteiger partial charge on any atom is 0.337 e. The molecule has 2 heterocycles. The van der Waals surface area contributed by atoms with Crippen molar-refractivity contribution in [2.75, 3.05) is 12.9 Å². The van der Waals surface area contributed by atoms with Gasteiger partial charge in [0.25, 0.3) is 0 Å². The van der Waals surface area contributed by atoms with Gasteiger partial charge in [-0.1, -0.05) is 11.8 Å². The van der Waals surface area contributed by atoms with Gasteiger partial charge in [0, 0.05) is 28.6 Å². The predicted molar refractivity (Wildman–Crippen MR) is 110 cm³/mol. The molecule has 0 amide bonds. The van der Waals surface area contributed by atoms with Crippen molar-refractivity contribution >= 4 is 23.5 Å². The fourth-order valence-electron chi connectivity index (χ4n) is 3.38. The number of hydrogen-bond donors (Lipinski definition) is 1. The summed E-state index contributed by atoms with van der Waals surface area (Å²) in [6.45, 7) is 3.89. The molecule has 7 nitrogen and oxygen atoms in total. The maximum absolute atomic E-state index is 12.8. The third-order valence-electron chi connectivity index (χ3n) is 5.06. The first-order valence-electron chi connectivity index (χ1n) is 9.44. The number of ketones is 1. The molecular formula is C21H22N4O3S. The van der Waals surface area contributed by atoms with Crippen LogP contribution in [-0.2, 0) is 4.74 Å². The van der Waals surface area contributed by atoms with Crippen molar-refractivity contribution in [2.45, 2.75) is 37.8 Å². The zero-order valence-corrected chi connectivity index (χ0v) is 17.4. The van der Waals surface area contributed by atoms with Crippen LogP contribution < -0.4 is 0 Å². The molecular weight excluding hydrogens is 388 g/mol. The number of aromatic nitrogens is 4. The Labute approximate surface area is 172 Å². The quantitative estimate of drug-likeness (QED) is 0.361. The summed E-state index contributed by atoms with van der Waals surface area (Å²) in [6.07, 6.45) is 2.32. The molecule has 4 rings (SSSR count). The summed E-state index contributed by atoms with van der Waals surface area (Å²) >= 11 is 1.35. The lowest BCUT2D eigenvalue weighted by molar-refractivity contribution is 0.0600. The number of methoxy groups -OCH3 is 1. The Balaban J connectivity index is 1.49. The Bertz CT molecular complexity index is 1060. The minimum Gasteiger partial charge on any atom is -0.465 e. The second kappa shape index (κ2) is 7.87. The summed E-state index contributed by atoms with van der Waals surface area (Å²) in [5.41, 5.74) is 3.89. The summed E-state index contributed by atoms with van der Waals surface area (Å²) in [7, 11) is 1.36. The van der Waals surface area contributed by atoms with Crippen molar-refractivity contribution in [3.63, 3.8) is 0 Å². The summed E-state index contributed by atoms with van der Waals surface area (Å²) in [4.78, 5) is 28.9. The molecule has 3 aromatic rings. The van der Waals surface area contributed by atoms with Gasteiger partial charge in [-0.05, 0) is 57.0 Å². The lowest BCUT2D eigenvalue weighted by Gasteiger charge is -2.10. The molecule has 1 N–H and O–H groups in total. The van der Waals surface area contributed by atoms with Gasteiger partial charge in [-0.3, -0.25) is 9.89 Å². The largest absolute Gasteiger partial charge is 0.465 e. The number of esters is 1. The Morgan fingerprint density at radius 2 is 1.97 bits per heavy atom. The van der Waals surface area contributed by atoms with E-state index in [9.17, 15) is 9.59 Å². The van der Waals surface area contributed by atoms with Crippen LogP contribution in [0.3, 0.4) is 0 Å². The predicted octanol–water partition coefficient (Wildman–Crippen LogP) is 3.85. The van der Waals surface area contributed by atoms with Crippen molar-refractivity contribution in [1.29, 1.82) is 0 Å². The van der Waals surface area contributed by atoms with Gasteiger partial charge in [-0.15, -0.1) is 5.10 Å². The van der Waals surface area contributed by atoms with Crippen LogP contribution in [0.5, 0.6) is 0 Å². The number of nitrogens with one attached hydrogen (secondary N) is 1. The monoisotopic (exact) mass is 410 g/mol. The zero-order valence-electron chi connectivity index (χ0n) is 16.6. The van der Waals surface area contributed by atoms with Gasteiger partial charge in [0.15, 0.2) is 5.78 Å². The molecule has 0 bridgehead atoms. The van der Waals surface area contributed by atoms with Crippen molar-refractivity contribution in [3.05, 3.63) is 58.7 Å². The summed E-state index contributed by atoms with van der Waals surface area (Å²) < 4.78 is 6.75. The van der Waals surface area contributed by atoms with Gasteiger partial charge in [0.2, 0.25) is 5.16 Å². The third kappa shape index (κ3) is 3.98. The SMILES string of the molecule is COC(=O)c1ccc(-n2c(C)cc(C(=O)CSc3n[nH]c(C4CC4)n3)c2C)cc1. The highest BCUT2D eigenvalue weighted by atomic mass is 32.2. The van der Waals surface area contributed by atoms with Gasteiger partial charge in [-0.2, -0.15) is 0 Å². The smallest absolute Gasteiger partial charge is 0.337 e. The van der Waals surface area contributed by atoms with Crippen LogP contribution in [0.15, 0.2) is 35.5 Å². The second-order valence-corrected chi connectivity index (χ2v) is 8.09. The molecule has 0 aliphatic heterocycles. The molecule has 0 saturated heterocycles. The Morgan fingerprint density at radius 1 is 1.24 bits per heavy atom. The molecule has 1 aliphatic carbocycles. The molecule has 150 valence electrons. The number of aromatic amines is 1. The highest BCUT2D eigenvalue weighted by Crippen LogP contribution is 2.38. The molecule has 0 unspecified atom stereocenters. The number of nitrogens with zero attached hydrogens (tertiary/aromatic N) is 3. The average molecular weight is 410 g/mol. The minimum atomic E-state index is -0.373. The fraction of sp³-hybridized carbons (Fsp3) is 0.333. The summed E-state index contributed by atoms with van der Waals surface area (Å²) in [5.74, 6) is 1.39. The molecule has 1 aliphatic rings. The number of aryl methyl sites for hydroxylation is 1. The lowest BCUT2D eigenvalue weighted by atomic mass is 10.2. The van der Waals surface area contributed by atoms with Gasteiger partial charge < -0.3 is 9.30 Å². The van der Waals surface area contributed by atoms with Crippen molar-refractivity contribution in [3.8, 4) is 5.69 Å². The number of carbonyl (C=O) groups is 2. The number of carbonyl (C=O) groups excluding carboxylic acids is 2. The normalized spacial score (nSPS) is 13.5. The molecule has 0 atom stereocenters. The van der Waals surface area contributed by atoms with E-state index in [1.54, 1.807) is 12.1 Å². The van der Waals surface area contributed by atoms with Crippen molar-refractivity contribution in [2.24, 2.45) is 0 Å². The van der Waals surface area contributed by atoms with E-state index >= 15 is 0 Å². The number of ether oxygens (including phenoxy) is 1. The first kappa shape index (κ1) is 19.4.